The minimum absolute atomic E-state index is 0.0233. The van der Waals surface area contributed by atoms with Crippen molar-refractivity contribution in [3.63, 3.8) is 0 Å². The van der Waals surface area contributed by atoms with E-state index in [-0.39, 0.29) is 49.3 Å². The number of carbonyl (C=O) groups excluding carboxylic acids is 4. The highest BCUT2D eigenvalue weighted by Gasteiger charge is 2.45. The van der Waals surface area contributed by atoms with Gasteiger partial charge in [-0.2, -0.15) is 0 Å². The maximum Gasteiger partial charge on any atom is 0.410 e. The Labute approximate surface area is 292 Å². The molecule has 3 atom stereocenters. The number of benzene rings is 1. The molecule has 4 rings (SSSR count). The van der Waals surface area contributed by atoms with E-state index in [1.54, 1.807) is 44.4 Å². The van der Waals surface area contributed by atoms with Gasteiger partial charge in [0, 0.05) is 44.6 Å². The molecule has 0 unspecified atom stereocenters. The van der Waals surface area contributed by atoms with Gasteiger partial charge in [-0.25, -0.2) is 4.79 Å². The number of amides is 4. The zero-order valence-electron chi connectivity index (χ0n) is 31.0. The molecule has 2 aliphatic heterocycles. The number of ether oxygens (including phenoxy) is 4. The molecule has 3 aliphatic rings. The minimum atomic E-state index is -1.05. The highest BCUT2D eigenvalue weighted by atomic mass is 16.6. The Morgan fingerprint density at radius 2 is 1.73 bits per heavy atom. The third-order valence-electron chi connectivity index (χ3n) is 8.90. The van der Waals surface area contributed by atoms with Crippen LogP contribution in [-0.2, 0) is 28.6 Å². The van der Waals surface area contributed by atoms with Crippen molar-refractivity contribution in [2.45, 2.75) is 111 Å². The van der Waals surface area contributed by atoms with Gasteiger partial charge in [-0.3, -0.25) is 14.4 Å². The molecule has 1 N–H and O–H groups in total. The highest BCUT2D eigenvalue weighted by Crippen LogP contribution is 2.43. The number of hydrogen-bond donors (Lipinski definition) is 1. The molecule has 1 aliphatic carbocycles. The average molecular weight is 687 g/mol. The van der Waals surface area contributed by atoms with Gasteiger partial charge in [0.2, 0.25) is 11.8 Å². The van der Waals surface area contributed by atoms with Gasteiger partial charge in [0.15, 0.2) is 5.60 Å². The van der Waals surface area contributed by atoms with Crippen LogP contribution in [0.4, 0.5) is 16.2 Å². The van der Waals surface area contributed by atoms with Crippen LogP contribution in [0.3, 0.4) is 0 Å². The van der Waals surface area contributed by atoms with Crippen LogP contribution in [0.2, 0.25) is 0 Å². The number of fused-ring (bicyclic) bond motifs is 1. The van der Waals surface area contributed by atoms with Crippen LogP contribution in [0, 0.1) is 17.8 Å². The van der Waals surface area contributed by atoms with Crippen molar-refractivity contribution >= 4 is 35.2 Å². The average Bonchev–Trinajstić information content (AvgIpc) is 3.86. The second-order valence-corrected chi connectivity index (χ2v) is 15.4. The molecule has 274 valence electrons. The van der Waals surface area contributed by atoms with E-state index in [1.165, 1.54) is 4.90 Å². The van der Waals surface area contributed by atoms with Crippen LogP contribution in [0.1, 0.15) is 88.0 Å². The van der Waals surface area contributed by atoms with Crippen LogP contribution in [-0.4, -0.2) is 98.1 Å². The predicted octanol–water partition coefficient (Wildman–Crippen LogP) is 5.16. The van der Waals surface area contributed by atoms with Gasteiger partial charge in [0.05, 0.1) is 36.8 Å². The normalized spacial score (nSPS) is 21.1. The summed E-state index contributed by atoms with van der Waals surface area (Å²) in [6.45, 7) is 19.4. The van der Waals surface area contributed by atoms with E-state index in [0.717, 1.165) is 19.3 Å². The summed E-state index contributed by atoms with van der Waals surface area (Å²) in [4.78, 5) is 60.3. The van der Waals surface area contributed by atoms with Crippen molar-refractivity contribution in [1.82, 2.24) is 10.2 Å². The number of piperidine rings is 1. The van der Waals surface area contributed by atoms with Crippen molar-refractivity contribution in [2.24, 2.45) is 17.8 Å². The molecule has 2 fully saturated rings. The molecule has 0 radical (unpaired) electrons. The number of carbonyl (C=O) groups is 4. The summed E-state index contributed by atoms with van der Waals surface area (Å²) in [6, 6.07) is 5.30. The Bertz CT molecular complexity index is 1340. The highest BCUT2D eigenvalue weighted by molar-refractivity contribution is 6.04. The molecule has 2 heterocycles. The lowest BCUT2D eigenvalue weighted by Crippen LogP contribution is -2.55. The van der Waals surface area contributed by atoms with E-state index in [4.69, 9.17) is 18.9 Å². The summed E-state index contributed by atoms with van der Waals surface area (Å²) < 4.78 is 23.1. The lowest BCUT2D eigenvalue weighted by Gasteiger charge is -2.40. The van der Waals surface area contributed by atoms with Crippen LogP contribution in [0.15, 0.2) is 18.2 Å². The second kappa shape index (κ2) is 16.1. The molecule has 49 heavy (non-hydrogen) atoms. The van der Waals surface area contributed by atoms with Gasteiger partial charge >= 0.3 is 6.09 Å². The van der Waals surface area contributed by atoms with Gasteiger partial charge in [0.1, 0.15) is 11.4 Å². The van der Waals surface area contributed by atoms with Crippen molar-refractivity contribution in [1.29, 1.82) is 0 Å². The minimum Gasteiger partial charge on any atom is -0.476 e. The Balaban J connectivity index is 1.63. The number of anilines is 2. The van der Waals surface area contributed by atoms with Crippen LogP contribution in [0.25, 0.3) is 0 Å². The third kappa shape index (κ3) is 10.1. The van der Waals surface area contributed by atoms with E-state index in [2.05, 4.69) is 19.2 Å². The molecule has 1 saturated carbocycles. The van der Waals surface area contributed by atoms with Crippen LogP contribution in [0.5, 0.6) is 5.75 Å². The number of rotatable bonds is 14. The van der Waals surface area contributed by atoms with E-state index in [1.807, 2.05) is 32.0 Å². The zero-order chi connectivity index (χ0) is 36.1. The smallest absolute Gasteiger partial charge is 0.410 e. The summed E-state index contributed by atoms with van der Waals surface area (Å²) in [5.41, 5.74) is -0.557. The fraction of sp³-hybridized carbons (Fsp3) is 0.730. The summed E-state index contributed by atoms with van der Waals surface area (Å²) >= 11 is 0. The largest absolute Gasteiger partial charge is 0.476 e. The van der Waals surface area contributed by atoms with E-state index in [9.17, 15) is 19.2 Å². The molecule has 0 bridgehead atoms. The number of likely N-dealkylation sites (tertiary alicyclic amines) is 1. The molecule has 0 aromatic heterocycles. The summed E-state index contributed by atoms with van der Waals surface area (Å²) in [7, 11) is 0. The van der Waals surface area contributed by atoms with Gasteiger partial charge in [-0.15, -0.1) is 0 Å². The van der Waals surface area contributed by atoms with Crippen molar-refractivity contribution in [3.05, 3.63) is 18.2 Å². The number of nitrogens with zero attached hydrogens (tertiary/aromatic N) is 3. The van der Waals surface area contributed by atoms with E-state index in [0.29, 0.717) is 56.0 Å². The van der Waals surface area contributed by atoms with Gasteiger partial charge in [0.25, 0.3) is 5.91 Å². The maximum absolute atomic E-state index is 14.6. The molecule has 1 saturated heterocycles. The summed E-state index contributed by atoms with van der Waals surface area (Å²) in [5, 5.41) is 3.16. The standard InChI is InChI=1S/C37H58N4O8/c1-10-46-17-16-40-30-20-29(14-15-31(30)48-37(8,9)34(40)44)41(28-12-13-28)33(43)26-19-25(21-39(22-26)35(45)49-36(5,6)7)32(42)38-27(18-24(3)4)23-47-11-2/h14-15,20,24-28H,10-13,16-19,21-23H2,1-9H3,(H,38,42)/t25-,26+,27+/m0/s1. The Hall–Kier alpha value is -3.38. The van der Waals surface area contributed by atoms with Crippen molar-refractivity contribution in [3.8, 4) is 5.75 Å². The van der Waals surface area contributed by atoms with Gasteiger partial charge < -0.3 is 39.0 Å². The molecule has 0 spiro atoms. The molecule has 1 aromatic rings. The first-order valence-electron chi connectivity index (χ1n) is 18.0. The topological polar surface area (TPSA) is 127 Å². The quantitative estimate of drug-likeness (QED) is 0.266. The molecule has 12 nitrogen and oxygen atoms in total. The second-order valence-electron chi connectivity index (χ2n) is 15.4. The first-order valence-corrected chi connectivity index (χ1v) is 18.0. The zero-order valence-corrected chi connectivity index (χ0v) is 31.0. The lowest BCUT2D eigenvalue weighted by molar-refractivity contribution is -0.133. The fourth-order valence-corrected chi connectivity index (χ4v) is 6.54. The predicted molar refractivity (Wildman–Crippen MR) is 188 cm³/mol. The first kappa shape index (κ1) is 38.4. The van der Waals surface area contributed by atoms with E-state index < -0.39 is 29.1 Å². The summed E-state index contributed by atoms with van der Waals surface area (Å²) in [5.74, 6) is -0.905. The van der Waals surface area contributed by atoms with Gasteiger partial charge in [-0.1, -0.05) is 13.8 Å². The molecule has 12 heteroatoms. The monoisotopic (exact) mass is 686 g/mol. The SMILES string of the molecule is CCOCCN1C(=O)C(C)(C)Oc2ccc(N(C(=O)[C@@H]3C[C@H](C(=O)N[C@@H](COCC)CC(C)C)CN(C(=O)OC(C)(C)C)C3)C3CC3)cc21. The Morgan fingerprint density at radius 3 is 2.35 bits per heavy atom. The van der Waals surface area contributed by atoms with Crippen molar-refractivity contribution in [2.75, 3.05) is 55.9 Å². The van der Waals surface area contributed by atoms with Gasteiger partial charge in [-0.05, 0) is 98.3 Å². The first-order chi connectivity index (χ1) is 23.0. The molecular weight excluding hydrogens is 628 g/mol. The molecular formula is C37H58N4O8. The third-order valence-corrected chi connectivity index (χ3v) is 8.90. The molecule has 4 amide bonds. The van der Waals surface area contributed by atoms with Crippen LogP contribution >= 0.6 is 0 Å². The molecule has 1 aromatic carbocycles. The Kier molecular flexibility index (Phi) is 12.6. The summed E-state index contributed by atoms with van der Waals surface area (Å²) in [6.07, 6.45) is 2.15. The Morgan fingerprint density at radius 1 is 1.06 bits per heavy atom. The van der Waals surface area contributed by atoms with Crippen LogP contribution < -0.4 is 19.9 Å². The fourth-order valence-electron chi connectivity index (χ4n) is 6.54. The van der Waals surface area contributed by atoms with Crippen molar-refractivity contribution < 1.29 is 38.1 Å². The lowest BCUT2D eigenvalue weighted by atomic mass is 9.87. The van der Waals surface area contributed by atoms with E-state index >= 15 is 0 Å². The number of hydrogen-bond acceptors (Lipinski definition) is 8. The maximum atomic E-state index is 14.6. The number of nitrogens with one attached hydrogen (secondary N) is 1.